The van der Waals surface area contributed by atoms with Crippen LogP contribution in [0.4, 0.5) is 0 Å². The van der Waals surface area contributed by atoms with Gasteiger partial charge in [-0.05, 0) is 25.0 Å². The van der Waals surface area contributed by atoms with Crippen LogP contribution >= 0.6 is 0 Å². The van der Waals surface area contributed by atoms with E-state index < -0.39 is 0 Å². The predicted molar refractivity (Wildman–Crippen MR) is 89.3 cm³/mol. The molecule has 0 unspecified atom stereocenters. The van der Waals surface area contributed by atoms with Crippen molar-refractivity contribution in [3.63, 3.8) is 0 Å². The molecule has 2 aromatic rings. The summed E-state index contributed by atoms with van der Waals surface area (Å²) >= 11 is 0. The molecule has 5 heteroatoms. The van der Waals surface area contributed by atoms with Crippen molar-refractivity contribution in [2.45, 2.75) is 32.1 Å². The molecule has 120 valence electrons. The minimum Gasteiger partial charge on any atom is -0.339 e. The Morgan fingerprint density at radius 2 is 1.65 bits per heavy atom. The fourth-order valence-electron chi connectivity index (χ4n) is 2.94. The Morgan fingerprint density at radius 1 is 1.00 bits per heavy atom. The number of carbonyl (C=O) groups excluding carboxylic acids is 1. The Morgan fingerprint density at radius 3 is 2.30 bits per heavy atom. The third-order valence-electron chi connectivity index (χ3n) is 4.25. The molecule has 3 rings (SSSR count). The molecular weight excluding hydrogens is 290 g/mol. The summed E-state index contributed by atoms with van der Waals surface area (Å²) in [6.07, 6.45) is 7.24. The average Bonchev–Trinajstić information content (AvgIpc) is 2.54. The largest absolute Gasteiger partial charge is 0.339 e. The number of benzene rings is 1. The van der Waals surface area contributed by atoms with Gasteiger partial charge in [0.25, 0.3) is 11.5 Å². The zero-order valence-corrected chi connectivity index (χ0v) is 13.1. The maximum Gasteiger partial charge on any atom is 0.253 e. The predicted octanol–water partition coefficient (Wildman–Crippen LogP) is 2.84. The second-order valence-electron chi connectivity index (χ2n) is 5.93. The molecule has 1 aromatic carbocycles. The summed E-state index contributed by atoms with van der Waals surface area (Å²) in [6, 6.07) is 8.78. The lowest BCUT2D eigenvalue weighted by molar-refractivity contribution is 0.0742. The van der Waals surface area contributed by atoms with Crippen LogP contribution in [0, 0.1) is 0 Å². The van der Waals surface area contributed by atoms with Gasteiger partial charge in [-0.3, -0.25) is 9.59 Å². The van der Waals surface area contributed by atoms with Gasteiger partial charge < -0.3 is 9.88 Å². The summed E-state index contributed by atoms with van der Waals surface area (Å²) in [5.41, 5.74) is 1.95. The molecule has 1 amide bonds. The van der Waals surface area contributed by atoms with Crippen LogP contribution in [0.15, 0.2) is 41.5 Å². The summed E-state index contributed by atoms with van der Waals surface area (Å²) in [5.74, 6) is 0.0947. The zero-order chi connectivity index (χ0) is 16.1. The lowest BCUT2D eigenvalue weighted by atomic mass is 10.1. The molecule has 0 aliphatic carbocycles. The van der Waals surface area contributed by atoms with Crippen molar-refractivity contribution in [2.24, 2.45) is 0 Å². The van der Waals surface area contributed by atoms with E-state index >= 15 is 0 Å². The molecule has 5 nitrogen and oxygen atoms in total. The second kappa shape index (κ2) is 7.22. The van der Waals surface area contributed by atoms with Gasteiger partial charge in [0, 0.05) is 30.3 Å². The van der Waals surface area contributed by atoms with Gasteiger partial charge in [0.15, 0.2) is 0 Å². The first kappa shape index (κ1) is 15.5. The lowest BCUT2D eigenvalue weighted by Crippen LogP contribution is -2.33. The summed E-state index contributed by atoms with van der Waals surface area (Å²) in [7, 11) is 0. The van der Waals surface area contributed by atoms with Gasteiger partial charge in [0.2, 0.25) is 0 Å². The Hall–Kier alpha value is -2.43. The Bertz CT molecular complexity index is 714. The molecule has 0 bridgehead atoms. The summed E-state index contributed by atoms with van der Waals surface area (Å²) < 4.78 is 0. The average molecular weight is 311 g/mol. The molecule has 1 aliphatic rings. The van der Waals surface area contributed by atoms with E-state index in [0.717, 1.165) is 31.5 Å². The van der Waals surface area contributed by atoms with Crippen LogP contribution in [0.1, 0.15) is 42.5 Å². The number of amides is 1. The number of hydrogen-bond donors (Lipinski definition) is 1. The number of hydrogen-bond acceptors (Lipinski definition) is 3. The van der Waals surface area contributed by atoms with Gasteiger partial charge in [-0.15, -0.1) is 0 Å². The van der Waals surface area contributed by atoms with E-state index in [9.17, 15) is 9.59 Å². The van der Waals surface area contributed by atoms with E-state index in [1.54, 1.807) is 0 Å². The SMILES string of the molecule is O=C(c1ccc(-c2cc(=O)[nH]cn2)cc1)N1CCCCCCC1. The van der Waals surface area contributed by atoms with Gasteiger partial charge in [-0.2, -0.15) is 0 Å². The quantitative estimate of drug-likeness (QED) is 0.927. The fourth-order valence-corrected chi connectivity index (χ4v) is 2.94. The highest BCUT2D eigenvalue weighted by Crippen LogP contribution is 2.18. The highest BCUT2D eigenvalue weighted by Gasteiger charge is 2.16. The Labute approximate surface area is 135 Å². The summed E-state index contributed by atoms with van der Waals surface area (Å²) in [6.45, 7) is 1.69. The maximum atomic E-state index is 12.6. The minimum absolute atomic E-state index is 0.0947. The number of rotatable bonds is 2. The molecular formula is C18H21N3O2. The zero-order valence-electron chi connectivity index (χ0n) is 13.1. The van der Waals surface area contributed by atoms with E-state index in [1.807, 2.05) is 29.2 Å². The summed E-state index contributed by atoms with van der Waals surface area (Å²) in [5, 5.41) is 0. The number of carbonyl (C=O) groups is 1. The van der Waals surface area contributed by atoms with Crippen molar-refractivity contribution in [1.82, 2.24) is 14.9 Å². The van der Waals surface area contributed by atoms with Gasteiger partial charge in [-0.1, -0.05) is 31.4 Å². The molecule has 23 heavy (non-hydrogen) atoms. The molecule has 1 aliphatic heterocycles. The van der Waals surface area contributed by atoms with Crippen molar-refractivity contribution in [1.29, 1.82) is 0 Å². The number of H-pyrrole nitrogens is 1. The van der Waals surface area contributed by atoms with E-state index in [-0.39, 0.29) is 11.5 Å². The molecule has 1 fully saturated rings. The van der Waals surface area contributed by atoms with Crippen molar-refractivity contribution in [3.05, 3.63) is 52.6 Å². The lowest BCUT2D eigenvalue weighted by Gasteiger charge is -2.24. The van der Waals surface area contributed by atoms with Crippen LogP contribution in [0.3, 0.4) is 0 Å². The molecule has 0 spiro atoms. The Balaban J connectivity index is 1.75. The normalized spacial score (nSPS) is 15.7. The van der Waals surface area contributed by atoms with Crippen molar-refractivity contribution >= 4 is 5.91 Å². The van der Waals surface area contributed by atoms with E-state index in [4.69, 9.17) is 0 Å². The van der Waals surface area contributed by atoms with Crippen molar-refractivity contribution in [3.8, 4) is 11.3 Å². The summed E-state index contributed by atoms with van der Waals surface area (Å²) in [4.78, 5) is 32.6. The molecule has 0 saturated carbocycles. The van der Waals surface area contributed by atoms with E-state index in [0.29, 0.717) is 11.3 Å². The molecule has 1 N–H and O–H groups in total. The fraction of sp³-hybridized carbons (Fsp3) is 0.389. The van der Waals surface area contributed by atoms with Crippen molar-refractivity contribution in [2.75, 3.05) is 13.1 Å². The van der Waals surface area contributed by atoms with Crippen LogP contribution in [0.25, 0.3) is 11.3 Å². The highest BCUT2D eigenvalue weighted by molar-refractivity contribution is 5.94. The Kier molecular flexibility index (Phi) is 4.86. The van der Waals surface area contributed by atoms with Crippen molar-refractivity contribution < 1.29 is 4.79 Å². The van der Waals surface area contributed by atoms with Crippen LogP contribution in [0.2, 0.25) is 0 Å². The monoisotopic (exact) mass is 311 g/mol. The first-order valence-corrected chi connectivity index (χ1v) is 8.18. The first-order valence-electron chi connectivity index (χ1n) is 8.18. The second-order valence-corrected chi connectivity index (χ2v) is 5.93. The first-order chi connectivity index (χ1) is 11.2. The minimum atomic E-state index is -0.184. The number of nitrogens with one attached hydrogen (secondary N) is 1. The number of nitrogens with zero attached hydrogens (tertiary/aromatic N) is 2. The van der Waals surface area contributed by atoms with Crippen LogP contribution < -0.4 is 5.56 Å². The number of likely N-dealkylation sites (tertiary alicyclic amines) is 1. The topological polar surface area (TPSA) is 66.1 Å². The third-order valence-corrected chi connectivity index (χ3v) is 4.25. The van der Waals surface area contributed by atoms with E-state index in [2.05, 4.69) is 9.97 Å². The van der Waals surface area contributed by atoms with Gasteiger partial charge >= 0.3 is 0 Å². The van der Waals surface area contributed by atoms with Gasteiger partial charge in [0.1, 0.15) is 0 Å². The van der Waals surface area contributed by atoms with Crippen LogP contribution in [-0.4, -0.2) is 33.9 Å². The van der Waals surface area contributed by atoms with Crippen LogP contribution in [-0.2, 0) is 0 Å². The number of aromatic nitrogens is 2. The molecule has 1 saturated heterocycles. The molecule has 0 atom stereocenters. The van der Waals surface area contributed by atoms with E-state index in [1.165, 1.54) is 31.7 Å². The molecule has 0 radical (unpaired) electrons. The van der Waals surface area contributed by atoms with Gasteiger partial charge in [0.05, 0.1) is 12.0 Å². The molecule has 1 aromatic heterocycles. The highest BCUT2D eigenvalue weighted by atomic mass is 16.2. The third kappa shape index (κ3) is 3.86. The molecule has 2 heterocycles. The van der Waals surface area contributed by atoms with Gasteiger partial charge in [-0.25, -0.2) is 4.98 Å². The smallest absolute Gasteiger partial charge is 0.253 e. The number of aromatic amines is 1. The van der Waals surface area contributed by atoms with Crippen LogP contribution in [0.5, 0.6) is 0 Å². The standard InChI is InChI=1S/C18H21N3O2/c22-17-12-16(19-13-20-17)14-6-8-15(9-7-14)18(23)21-10-4-2-1-3-5-11-21/h6-9,12-13H,1-5,10-11H2,(H,19,20,22). The maximum absolute atomic E-state index is 12.6.